The van der Waals surface area contributed by atoms with E-state index >= 15 is 0 Å². The molecule has 1 atom stereocenters. The number of methoxy groups -OCH3 is 1. The minimum atomic E-state index is -0.454. The van der Waals surface area contributed by atoms with Crippen LogP contribution in [0.2, 0.25) is 0 Å². The van der Waals surface area contributed by atoms with Crippen molar-refractivity contribution >= 4 is 17.5 Å². The van der Waals surface area contributed by atoms with Gasteiger partial charge < -0.3 is 19.9 Å². The number of hydrogen-bond donors (Lipinski definition) is 1. The molecule has 0 bridgehead atoms. The summed E-state index contributed by atoms with van der Waals surface area (Å²) >= 11 is 0. The molecule has 0 spiro atoms. The molecule has 6 nitrogen and oxygen atoms in total. The van der Waals surface area contributed by atoms with Gasteiger partial charge in [0.1, 0.15) is 0 Å². The first-order valence-electron chi connectivity index (χ1n) is 7.46. The van der Waals surface area contributed by atoms with E-state index in [0.717, 1.165) is 5.69 Å². The fourth-order valence-electron chi connectivity index (χ4n) is 2.48. The van der Waals surface area contributed by atoms with Gasteiger partial charge >= 0.3 is 0 Å². The molecule has 1 N–H and O–H groups in total. The van der Waals surface area contributed by atoms with Crippen molar-refractivity contribution in [1.82, 2.24) is 10.2 Å². The molecule has 0 radical (unpaired) electrons. The Morgan fingerprint density at radius 1 is 1.41 bits per heavy atom. The van der Waals surface area contributed by atoms with E-state index in [1.54, 1.807) is 24.0 Å². The zero-order valence-corrected chi connectivity index (χ0v) is 13.1. The predicted octanol–water partition coefficient (Wildman–Crippen LogP) is 0.486. The molecule has 1 heterocycles. The van der Waals surface area contributed by atoms with Gasteiger partial charge in [0.15, 0.2) is 0 Å². The summed E-state index contributed by atoms with van der Waals surface area (Å²) < 4.78 is 5.02. The Morgan fingerprint density at radius 3 is 2.82 bits per heavy atom. The summed E-state index contributed by atoms with van der Waals surface area (Å²) in [6, 6.07) is 8.97. The van der Waals surface area contributed by atoms with E-state index in [0.29, 0.717) is 26.2 Å². The molecule has 2 rings (SSSR count). The van der Waals surface area contributed by atoms with Crippen molar-refractivity contribution in [1.29, 1.82) is 0 Å². The van der Waals surface area contributed by atoms with Gasteiger partial charge in [0.25, 0.3) is 0 Å². The van der Waals surface area contributed by atoms with Crippen LogP contribution in [0.4, 0.5) is 5.69 Å². The van der Waals surface area contributed by atoms with Crippen molar-refractivity contribution in [3.63, 3.8) is 0 Å². The highest BCUT2D eigenvalue weighted by atomic mass is 16.5. The Balaban J connectivity index is 1.94. The third kappa shape index (κ3) is 4.05. The molecule has 6 heteroatoms. The zero-order valence-electron chi connectivity index (χ0n) is 13.1. The van der Waals surface area contributed by atoms with Crippen LogP contribution >= 0.6 is 0 Å². The maximum atomic E-state index is 12.4. The predicted molar refractivity (Wildman–Crippen MR) is 84.7 cm³/mol. The van der Waals surface area contributed by atoms with Crippen LogP contribution in [-0.2, 0) is 14.3 Å². The molecule has 0 aliphatic carbocycles. The van der Waals surface area contributed by atoms with Crippen LogP contribution in [0.25, 0.3) is 0 Å². The SMILES string of the molecule is COCCN1CCNC(CC(=O)N(C)c2ccccc2)C1=O. The summed E-state index contributed by atoms with van der Waals surface area (Å²) in [5.74, 6) is -0.108. The average Bonchev–Trinajstić information content (AvgIpc) is 2.55. The van der Waals surface area contributed by atoms with Gasteiger partial charge in [0.2, 0.25) is 11.8 Å². The van der Waals surface area contributed by atoms with Crippen LogP contribution in [0.1, 0.15) is 6.42 Å². The number of anilines is 1. The molecule has 0 saturated carbocycles. The first kappa shape index (κ1) is 16.5. The van der Waals surface area contributed by atoms with Crippen molar-refractivity contribution in [2.75, 3.05) is 45.3 Å². The van der Waals surface area contributed by atoms with Crippen LogP contribution in [0.15, 0.2) is 30.3 Å². The number of ether oxygens (including phenoxy) is 1. The van der Waals surface area contributed by atoms with E-state index in [1.807, 2.05) is 30.3 Å². The molecule has 1 saturated heterocycles. The number of nitrogens with zero attached hydrogens (tertiary/aromatic N) is 2. The van der Waals surface area contributed by atoms with E-state index < -0.39 is 6.04 Å². The largest absolute Gasteiger partial charge is 0.383 e. The molecule has 1 unspecified atom stereocenters. The quantitative estimate of drug-likeness (QED) is 0.831. The van der Waals surface area contributed by atoms with Crippen LogP contribution < -0.4 is 10.2 Å². The lowest BCUT2D eigenvalue weighted by Crippen LogP contribution is -2.56. The number of para-hydroxylation sites is 1. The standard InChI is InChI=1S/C16H23N3O3/c1-18(13-6-4-3-5-7-13)15(20)12-14-16(21)19(9-8-17-14)10-11-22-2/h3-7,14,17H,8-12H2,1-2H3. The van der Waals surface area contributed by atoms with Gasteiger partial charge in [-0.25, -0.2) is 0 Å². The highest BCUT2D eigenvalue weighted by molar-refractivity contribution is 5.97. The van der Waals surface area contributed by atoms with E-state index in [4.69, 9.17) is 4.74 Å². The second kappa shape index (κ2) is 7.91. The maximum absolute atomic E-state index is 12.4. The average molecular weight is 305 g/mol. The Hall–Kier alpha value is -1.92. The summed E-state index contributed by atoms with van der Waals surface area (Å²) in [4.78, 5) is 28.1. The molecule has 1 aliphatic rings. The Kier molecular flexibility index (Phi) is 5.91. The topological polar surface area (TPSA) is 61.9 Å². The molecule has 1 aromatic rings. The third-order valence-corrected chi connectivity index (χ3v) is 3.84. The summed E-state index contributed by atoms with van der Waals surface area (Å²) in [5, 5.41) is 3.13. The number of benzene rings is 1. The number of carbonyl (C=O) groups excluding carboxylic acids is 2. The molecule has 1 aliphatic heterocycles. The maximum Gasteiger partial charge on any atom is 0.240 e. The lowest BCUT2D eigenvalue weighted by molar-refractivity contribution is -0.138. The van der Waals surface area contributed by atoms with Crippen LogP contribution in [-0.4, -0.2) is 63.2 Å². The summed E-state index contributed by atoms with van der Waals surface area (Å²) in [7, 11) is 3.34. The van der Waals surface area contributed by atoms with Gasteiger partial charge in [-0.3, -0.25) is 9.59 Å². The normalized spacial score (nSPS) is 18.4. The second-order valence-corrected chi connectivity index (χ2v) is 5.32. The highest BCUT2D eigenvalue weighted by Gasteiger charge is 2.30. The van der Waals surface area contributed by atoms with Gasteiger partial charge in [0.05, 0.1) is 19.1 Å². The first-order chi connectivity index (χ1) is 10.6. The molecule has 120 valence electrons. The molecule has 0 aromatic heterocycles. The lowest BCUT2D eigenvalue weighted by Gasteiger charge is -2.33. The molecule has 22 heavy (non-hydrogen) atoms. The number of piperazine rings is 1. The number of hydrogen-bond acceptors (Lipinski definition) is 4. The van der Waals surface area contributed by atoms with Crippen LogP contribution in [0.3, 0.4) is 0 Å². The lowest BCUT2D eigenvalue weighted by atomic mass is 10.1. The Bertz CT molecular complexity index is 507. The van der Waals surface area contributed by atoms with Crippen molar-refractivity contribution in [3.05, 3.63) is 30.3 Å². The van der Waals surface area contributed by atoms with Gasteiger partial charge in [-0.15, -0.1) is 0 Å². The van der Waals surface area contributed by atoms with Crippen molar-refractivity contribution in [2.45, 2.75) is 12.5 Å². The van der Waals surface area contributed by atoms with Gasteiger partial charge in [0, 0.05) is 39.5 Å². The summed E-state index contributed by atoms with van der Waals surface area (Å²) in [6.07, 6.45) is 0.160. The fraction of sp³-hybridized carbons (Fsp3) is 0.500. The van der Waals surface area contributed by atoms with Crippen LogP contribution in [0.5, 0.6) is 0 Å². The van der Waals surface area contributed by atoms with Crippen molar-refractivity contribution in [2.24, 2.45) is 0 Å². The van der Waals surface area contributed by atoms with E-state index in [1.165, 1.54) is 0 Å². The fourth-order valence-corrected chi connectivity index (χ4v) is 2.48. The minimum absolute atomic E-state index is 0.0295. The Labute approximate surface area is 131 Å². The third-order valence-electron chi connectivity index (χ3n) is 3.84. The van der Waals surface area contributed by atoms with E-state index in [-0.39, 0.29) is 18.2 Å². The summed E-state index contributed by atoms with van der Waals surface area (Å²) in [6.45, 7) is 2.43. The highest BCUT2D eigenvalue weighted by Crippen LogP contribution is 2.14. The van der Waals surface area contributed by atoms with E-state index in [9.17, 15) is 9.59 Å². The monoisotopic (exact) mass is 305 g/mol. The first-order valence-corrected chi connectivity index (χ1v) is 7.46. The molecule has 1 fully saturated rings. The zero-order chi connectivity index (χ0) is 15.9. The van der Waals surface area contributed by atoms with Gasteiger partial charge in [-0.1, -0.05) is 18.2 Å². The molecular weight excluding hydrogens is 282 g/mol. The van der Waals surface area contributed by atoms with Crippen molar-refractivity contribution in [3.8, 4) is 0 Å². The second-order valence-electron chi connectivity index (χ2n) is 5.32. The van der Waals surface area contributed by atoms with Gasteiger partial charge in [-0.05, 0) is 12.1 Å². The summed E-state index contributed by atoms with van der Waals surface area (Å²) in [5.41, 5.74) is 0.826. The number of nitrogens with one attached hydrogen (secondary N) is 1. The molecule has 2 amide bonds. The molecule has 1 aromatic carbocycles. The number of amides is 2. The number of rotatable bonds is 6. The Morgan fingerprint density at radius 2 is 2.14 bits per heavy atom. The number of carbonyl (C=O) groups is 2. The van der Waals surface area contributed by atoms with E-state index in [2.05, 4.69) is 5.32 Å². The van der Waals surface area contributed by atoms with Crippen molar-refractivity contribution < 1.29 is 14.3 Å². The molecular formula is C16H23N3O3. The minimum Gasteiger partial charge on any atom is -0.383 e. The smallest absolute Gasteiger partial charge is 0.240 e. The van der Waals surface area contributed by atoms with Gasteiger partial charge in [-0.2, -0.15) is 0 Å². The van der Waals surface area contributed by atoms with Crippen LogP contribution in [0, 0.1) is 0 Å².